The maximum absolute atomic E-state index is 12.2. The van der Waals surface area contributed by atoms with Gasteiger partial charge < -0.3 is 9.16 Å². The monoisotopic (exact) mass is 294 g/mol. The molecule has 0 N–H and O–H groups in total. The van der Waals surface area contributed by atoms with Gasteiger partial charge in [0.1, 0.15) is 6.61 Å². The van der Waals surface area contributed by atoms with Crippen LogP contribution in [0.25, 0.3) is 0 Å². The minimum absolute atomic E-state index is 0.0722. The third kappa shape index (κ3) is 4.22. The average molecular weight is 294 g/mol. The first kappa shape index (κ1) is 17.0. The number of ether oxygens (including phenoxy) is 1. The van der Waals surface area contributed by atoms with Crippen molar-refractivity contribution in [3.05, 3.63) is 11.3 Å². The molecule has 1 rings (SSSR count). The van der Waals surface area contributed by atoms with Crippen molar-refractivity contribution in [1.29, 1.82) is 0 Å². The lowest BCUT2D eigenvalue weighted by atomic mass is 9.97. The van der Waals surface area contributed by atoms with E-state index in [0.717, 1.165) is 18.4 Å². The summed E-state index contributed by atoms with van der Waals surface area (Å²) in [6.07, 6.45) is 2.26. The first-order valence-corrected chi connectivity index (χ1v) is 10.0. The van der Waals surface area contributed by atoms with Crippen molar-refractivity contribution in [2.24, 2.45) is 0 Å². The Morgan fingerprint density at radius 2 is 1.90 bits per heavy atom. The fraction of sp³-hybridized carbons (Fsp3) is 0.688. The molecule has 0 fully saturated rings. The van der Waals surface area contributed by atoms with Crippen molar-refractivity contribution >= 4 is 14.1 Å². The molecule has 0 unspecified atom stereocenters. The van der Waals surface area contributed by atoms with Crippen LogP contribution in [0.1, 0.15) is 40.0 Å². The van der Waals surface area contributed by atoms with Crippen LogP contribution in [0.4, 0.5) is 0 Å². The second-order valence-corrected chi connectivity index (χ2v) is 11.4. The zero-order valence-corrected chi connectivity index (χ0v) is 14.6. The minimum Gasteiger partial charge on any atom is -0.541 e. The molecule has 1 aliphatic rings. The molecular weight excluding hydrogens is 268 g/mol. The van der Waals surface area contributed by atoms with Crippen LogP contribution in [0.5, 0.6) is 0 Å². The second-order valence-electron chi connectivity index (χ2n) is 6.68. The fourth-order valence-electron chi connectivity index (χ4n) is 1.68. The topological polar surface area (TPSA) is 35.5 Å². The van der Waals surface area contributed by atoms with Gasteiger partial charge in [-0.25, -0.2) is 0 Å². The van der Waals surface area contributed by atoms with E-state index in [4.69, 9.17) is 9.16 Å². The SMILES string of the molecule is COCC#CC1=C(O[Si](C)(C)C(C)(C)C)C(=O)CCC1. The summed E-state index contributed by atoms with van der Waals surface area (Å²) in [5.74, 6) is 6.61. The maximum atomic E-state index is 12.2. The summed E-state index contributed by atoms with van der Waals surface area (Å²) < 4.78 is 11.2. The van der Waals surface area contributed by atoms with Crippen LogP contribution in [0.2, 0.25) is 18.1 Å². The van der Waals surface area contributed by atoms with Crippen molar-refractivity contribution in [2.75, 3.05) is 13.7 Å². The van der Waals surface area contributed by atoms with E-state index in [9.17, 15) is 4.79 Å². The maximum Gasteiger partial charge on any atom is 0.250 e. The molecule has 0 heterocycles. The zero-order chi connectivity index (χ0) is 15.4. The van der Waals surface area contributed by atoms with Crippen LogP contribution >= 0.6 is 0 Å². The third-order valence-electron chi connectivity index (χ3n) is 3.98. The highest BCUT2D eigenvalue weighted by Crippen LogP contribution is 2.39. The standard InChI is InChI=1S/C16H26O3Si/c1-16(2,3)20(5,6)19-15-13(10-8-12-18-4)9-7-11-14(15)17/h7,9,11-12H2,1-6H3. The van der Waals surface area contributed by atoms with Gasteiger partial charge in [-0.15, -0.1) is 0 Å². The Morgan fingerprint density at radius 1 is 1.25 bits per heavy atom. The van der Waals surface area contributed by atoms with Crippen molar-refractivity contribution in [2.45, 2.75) is 58.2 Å². The van der Waals surface area contributed by atoms with Crippen LogP contribution in [0.15, 0.2) is 11.3 Å². The van der Waals surface area contributed by atoms with E-state index in [0.29, 0.717) is 18.8 Å². The number of allylic oxidation sites excluding steroid dienone is 2. The number of hydrogen-bond donors (Lipinski definition) is 0. The normalized spacial score (nSPS) is 16.8. The molecule has 0 bridgehead atoms. The van der Waals surface area contributed by atoms with Crippen LogP contribution in [-0.2, 0) is 14.0 Å². The first-order chi connectivity index (χ1) is 9.19. The first-order valence-electron chi connectivity index (χ1n) is 7.12. The number of methoxy groups -OCH3 is 1. The largest absolute Gasteiger partial charge is 0.541 e. The Bertz CT molecular complexity index is 458. The van der Waals surface area contributed by atoms with Gasteiger partial charge in [0, 0.05) is 19.1 Å². The molecule has 0 aliphatic heterocycles. The zero-order valence-electron chi connectivity index (χ0n) is 13.6. The predicted molar refractivity (Wildman–Crippen MR) is 83.8 cm³/mol. The van der Waals surface area contributed by atoms with Gasteiger partial charge in [-0.05, 0) is 31.0 Å². The molecule has 0 amide bonds. The van der Waals surface area contributed by atoms with Crippen molar-refractivity contribution in [3.8, 4) is 11.8 Å². The van der Waals surface area contributed by atoms with Crippen LogP contribution in [0.3, 0.4) is 0 Å². The fourth-order valence-corrected chi connectivity index (χ4v) is 2.74. The number of hydrogen-bond acceptors (Lipinski definition) is 3. The summed E-state index contributed by atoms with van der Waals surface area (Å²) in [5.41, 5.74) is 0.850. The molecule has 0 saturated carbocycles. The molecule has 1 aliphatic carbocycles. The summed E-state index contributed by atoms with van der Waals surface area (Å²) in [7, 11) is -0.388. The molecule has 0 aromatic rings. The van der Waals surface area contributed by atoms with E-state index in [-0.39, 0.29) is 10.8 Å². The highest BCUT2D eigenvalue weighted by molar-refractivity contribution is 6.74. The van der Waals surface area contributed by atoms with Gasteiger partial charge in [-0.1, -0.05) is 32.6 Å². The Kier molecular flexibility index (Phi) is 5.61. The number of carbonyl (C=O) groups excluding carboxylic acids is 1. The lowest BCUT2D eigenvalue weighted by Gasteiger charge is -2.37. The Labute approximate surface area is 123 Å². The number of carbonyl (C=O) groups is 1. The summed E-state index contributed by atoms with van der Waals surface area (Å²) in [4.78, 5) is 12.2. The van der Waals surface area contributed by atoms with Gasteiger partial charge in [-0.3, -0.25) is 4.79 Å². The second kappa shape index (κ2) is 6.60. The predicted octanol–water partition coefficient (Wildman–Crippen LogP) is 3.67. The summed E-state index contributed by atoms with van der Waals surface area (Å²) in [6.45, 7) is 11.2. The molecule has 0 spiro atoms. The summed E-state index contributed by atoms with van der Waals surface area (Å²) in [6, 6.07) is 0. The Hall–Kier alpha value is -1.05. The van der Waals surface area contributed by atoms with Crippen molar-refractivity contribution in [1.82, 2.24) is 0 Å². The number of ketones is 1. The number of Topliss-reactive ketones (excluding diaryl/α,β-unsaturated/α-hetero) is 1. The molecular formula is C16H26O3Si. The molecule has 20 heavy (non-hydrogen) atoms. The van der Waals surface area contributed by atoms with Gasteiger partial charge in [0.25, 0.3) is 8.32 Å². The van der Waals surface area contributed by atoms with E-state index in [1.807, 2.05) is 0 Å². The lowest BCUT2D eigenvalue weighted by Crippen LogP contribution is -2.42. The van der Waals surface area contributed by atoms with Gasteiger partial charge in [-0.2, -0.15) is 0 Å². The highest BCUT2D eigenvalue weighted by Gasteiger charge is 2.41. The minimum atomic E-state index is -2.00. The molecule has 0 aromatic carbocycles. The summed E-state index contributed by atoms with van der Waals surface area (Å²) in [5, 5.41) is 0.0722. The molecule has 0 radical (unpaired) electrons. The Balaban J connectivity index is 3.07. The molecule has 4 heteroatoms. The van der Waals surface area contributed by atoms with E-state index in [1.165, 1.54) is 0 Å². The van der Waals surface area contributed by atoms with Crippen LogP contribution in [-0.4, -0.2) is 27.8 Å². The third-order valence-corrected chi connectivity index (χ3v) is 8.30. The molecule has 0 aromatic heterocycles. The lowest BCUT2D eigenvalue weighted by molar-refractivity contribution is -0.118. The summed E-state index contributed by atoms with van der Waals surface area (Å²) >= 11 is 0. The van der Waals surface area contributed by atoms with E-state index in [2.05, 4.69) is 45.7 Å². The van der Waals surface area contributed by atoms with Gasteiger partial charge in [0.05, 0.1) is 0 Å². The van der Waals surface area contributed by atoms with Crippen molar-refractivity contribution in [3.63, 3.8) is 0 Å². The quantitative estimate of drug-likeness (QED) is 0.588. The number of rotatable bonds is 3. The van der Waals surface area contributed by atoms with Crippen LogP contribution < -0.4 is 0 Å². The van der Waals surface area contributed by atoms with Gasteiger partial charge in [0.15, 0.2) is 11.5 Å². The van der Waals surface area contributed by atoms with Crippen molar-refractivity contribution < 1.29 is 14.0 Å². The Morgan fingerprint density at radius 3 is 2.45 bits per heavy atom. The highest BCUT2D eigenvalue weighted by atomic mass is 28.4. The molecule has 112 valence electrons. The van der Waals surface area contributed by atoms with Crippen LogP contribution in [0, 0.1) is 11.8 Å². The van der Waals surface area contributed by atoms with Gasteiger partial charge in [0.2, 0.25) is 0 Å². The molecule has 0 atom stereocenters. The molecule has 3 nitrogen and oxygen atoms in total. The molecule has 0 saturated heterocycles. The van der Waals surface area contributed by atoms with E-state index >= 15 is 0 Å². The average Bonchev–Trinajstić information content (AvgIpc) is 2.32. The van der Waals surface area contributed by atoms with E-state index in [1.54, 1.807) is 7.11 Å². The van der Waals surface area contributed by atoms with E-state index < -0.39 is 8.32 Å². The smallest absolute Gasteiger partial charge is 0.250 e. The van der Waals surface area contributed by atoms with Gasteiger partial charge >= 0.3 is 0 Å².